The SMILES string of the molecule is Cc1cnc(NCCc2ccc(N(C)C)nc2)nc1C(C#N)=C1C=CC=CN1. The summed E-state index contributed by atoms with van der Waals surface area (Å²) >= 11 is 0. The standard InChI is InChI=1S/C21H23N7/c1-15-13-26-21(24-11-9-16-7-8-19(25-14-16)28(2)3)27-20(15)17(12-22)18-6-4-5-10-23-18/h4-8,10,13-14,23H,9,11H2,1-3H3,(H,24,26,27). The third kappa shape index (κ3) is 4.54. The molecule has 3 rings (SSSR count). The molecule has 142 valence electrons. The van der Waals surface area contributed by atoms with Gasteiger partial charge in [0, 0.05) is 39.2 Å². The van der Waals surface area contributed by atoms with Crippen LogP contribution in [0.25, 0.3) is 5.57 Å². The summed E-state index contributed by atoms with van der Waals surface area (Å²) < 4.78 is 0. The molecular formula is C21H23N7. The predicted octanol–water partition coefficient (Wildman–Crippen LogP) is 2.81. The maximum Gasteiger partial charge on any atom is 0.223 e. The fraction of sp³-hybridized carbons (Fsp3) is 0.238. The van der Waals surface area contributed by atoms with Crippen LogP contribution in [0.2, 0.25) is 0 Å². The molecule has 0 bridgehead atoms. The number of anilines is 2. The van der Waals surface area contributed by atoms with Crippen molar-refractivity contribution in [1.82, 2.24) is 20.3 Å². The molecule has 0 fully saturated rings. The van der Waals surface area contributed by atoms with Gasteiger partial charge in [-0.05, 0) is 42.7 Å². The minimum absolute atomic E-state index is 0.493. The van der Waals surface area contributed by atoms with Crippen molar-refractivity contribution >= 4 is 17.3 Å². The van der Waals surface area contributed by atoms with E-state index >= 15 is 0 Å². The summed E-state index contributed by atoms with van der Waals surface area (Å²) in [5.74, 6) is 1.43. The number of nitrogens with zero attached hydrogens (tertiary/aromatic N) is 5. The monoisotopic (exact) mass is 373 g/mol. The van der Waals surface area contributed by atoms with Crippen LogP contribution in [0.15, 0.2) is 54.7 Å². The highest BCUT2D eigenvalue weighted by atomic mass is 15.1. The zero-order valence-corrected chi connectivity index (χ0v) is 16.3. The molecule has 0 aliphatic carbocycles. The third-order valence-electron chi connectivity index (χ3n) is 4.26. The van der Waals surface area contributed by atoms with Gasteiger partial charge in [0.15, 0.2) is 0 Å². The Kier molecular flexibility index (Phi) is 6.02. The molecule has 28 heavy (non-hydrogen) atoms. The zero-order chi connectivity index (χ0) is 19.9. The van der Waals surface area contributed by atoms with E-state index in [0.717, 1.165) is 29.1 Å². The molecule has 0 atom stereocenters. The molecular weight excluding hydrogens is 350 g/mol. The highest BCUT2D eigenvalue weighted by Gasteiger charge is 2.13. The lowest BCUT2D eigenvalue weighted by Gasteiger charge is -2.13. The number of rotatable bonds is 6. The Morgan fingerprint density at radius 3 is 2.71 bits per heavy atom. The summed E-state index contributed by atoms with van der Waals surface area (Å²) in [6.07, 6.45) is 11.8. The van der Waals surface area contributed by atoms with E-state index in [1.807, 2.05) is 56.4 Å². The molecule has 0 spiro atoms. The van der Waals surface area contributed by atoms with E-state index in [-0.39, 0.29) is 0 Å². The molecule has 2 aromatic rings. The number of hydrogen-bond donors (Lipinski definition) is 2. The van der Waals surface area contributed by atoms with E-state index in [1.54, 1.807) is 12.4 Å². The lowest BCUT2D eigenvalue weighted by molar-refractivity contribution is 0.960. The number of nitrogens with one attached hydrogen (secondary N) is 2. The summed E-state index contributed by atoms with van der Waals surface area (Å²) in [5, 5.41) is 16.0. The van der Waals surface area contributed by atoms with Crippen LogP contribution in [-0.4, -0.2) is 35.6 Å². The van der Waals surface area contributed by atoms with Gasteiger partial charge in [-0.15, -0.1) is 0 Å². The number of allylic oxidation sites excluding steroid dienone is 4. The van der Waals surface area contributed by atoms with E-state index in [0.29, 0.717) is 23.8 Å². The minimum Gasteiger partial charge on any atom is -0.363 e. The van der Waals surface area contributed by atoms with Crippen molar-refractivity contribution in [2.45, 2.75) is 13.3 Å². The maximum absolute atomic E-state index is 9.64. The lowest BCUT2D eigenvalue weighted by atomic mass is 10.1. The van der Waals surface area contributed by atoms with Crippen molar-refractivity contribution in [3.63, 3.8) is 0 Å². The third-order valence-corrected chi connectivity index (χ3v) is 4.26. The second-order valence-electron chi connectivity index (χ2n) is 6.58. The first-order valence-electron chi connectivity index (χ1n) is 9.02. The number of hydrogen-bond acceptors (Lipinski definition) is 7. The molecule has 0 amide bonds. The number of aromatic nitrogens is 3. The van der Waals surface area contributed by atoms with Crippen molar-refractivity contribution in [1.29, 1.82) is 5.26 Å². The van der Waals surface area contributed by atoms with Crippen LogP contribution in [0, 0.1) is 18.3 Å². The average molecular weight is 373 g/mol. The van der Waals surface area contributed by atoms with Crippen LogP contribution in [0.4, 0.5) is 11.8 Å². The van der Waals surface area contributed by atoms with E-state index in [4.69, 9.17) is 0 Å². The zero-order valence-electron chi connectivity index (χ0n) is 16.3. The Balaban J connectivity index is 1.70. The van der Waals surface area contributed by atoms with Crippen molar-refractivity contribution < 1.29 is 0 Å². The molecule has 0 radical (unpaired) electrons. The van der Waals surface area contributed by atoms with Crippen molar-refractivity contribution in [3.8, 4) is 6.07 Å². The summed E-state index contributed by atoms with van der Waals surface area (Å²) in [6, 6.07) is 6.32. The normalized spacial score (nSPS) is 14.2. The molecule has 0 saturated carbocycles. The Morgan fingerprint density at radius 1 is 1.21 bits per heavy atom. The summed E-state index contributed by atoms with van der Waals surface area (Å²) in [5.41, 5.74) is 3.83. The van der Waals surface area contributed by atoms with Crippen LogP contribution in [0.5, 0.6) is 0 Å². The van der Waals surface area contributed by atoms with Crippen LogP contribution in [0.3, 0.4) is 0 Å². The second-order valence-corrected chi connectivity index (χ2v) is 6.58. The average Bonchev–Trinajstić information content (AvgIpc) is 2.72. The lowest BCUT2D eigenvalue weighted by Crippen LogP contribution is -2.13. The van der Waals surface area contributed by atoms with E-state index in [1.165, 1.54) is 0 Å². The van der Waals surface area contributed by atoms with Crippen molar-refractivity contribution in [3.05, 3.63) is 71.5 Å². The summed E-state index contributed by atoms with van der Waals surface area (Å²) in [4.78, 5) is 15.3. The quantitative estimate of drug-likeness (QED) is 0.753. The molecule has 0 aromatic carbocycles. The molecule has 3 heterocycles. The second kappa shape index (κ2) is 8.82. The molecule has 0 unspecified atom stereocenters. The van der Waals surface area contributed by atoms with Gasteiger partial charge in [0.25, 0.3) is 0 Å². The molecule has 1 aliphatic heterocycles. The molecule has 1 aliphatic rings. The van der Waals surface area contributed by atoms with Gasteiger partial charge in [-0.3, -0.25) is 0 Å². The Morgan fingerprint density at radius 2 is 2.07 bits per heavy atom. The Labute approximate surface area is 165 Å². The van der Waals surface area contributed by atoms with Crippen LogP contribution in [-0.2, 0) is 6.42 Å². The first-order chi connectivity index (χ1) is 13.6. The largest absolute Gasteiger partial charge is 0.363 e. The topological polar surface area (TPSA) is 89.8 Å². The van der Waals surface area contributed by atoms with E-state index in [9.17, 15) is 5.26 Å². The minimum atomic E-state index is 0.493. The van der Waals surface area contributed by atoms with E-state index < -0.39 is 0 Å². The van der Waals surface area contributed by atoms with E-state index in [2.05, 4.69) is 37.7 Å². The molecule has 2 aromatic heterocycles. The predicted molar refractivity (Wildman–Crippen MR) is 111 cm³/mol. The van der Waals surface area contributed by atoms with Crippen LogP contribution >= 0.6 is 0 Å². The maximum atomic E-state index is 9.64. The first kappa shape index (κ1) is 19.1. The molecule has 0 saturated heterocycles. The van der Waals surface area contributed by atoms with Gasteiger partial charge in [-0.2, -0.15) is 5.26 Å². The molecule has 7 nitrogen and oxygen atoms in total. The van der Waals surface area contributed by atoms with Gasteiger partial charge in [-0.1, -0.05) is 12.1 Å². The van der Waals surface area contributed by atoms with Gasteiger partial charge >= 0.3 is 0 Å². The summed E-state index contributed by atoms with van der Waals surface area (Å²) in [7, 11) is 3.94. The van der Waals surface area contributed by atoms with Crippen molar-refractivity contribution in [2.75, 3.05) is 30.9 Å². The number of pyridine rings is 1. The fourth-order valence-electron chi connectivity index (χ4n) is 2.72. The highest BCUT2D eigenvalue weighted by molar-refractivity contribution is 5.80. The Bertz CT molecular complexity index is 963. The Hall–Kier alpha value is -3.66. The highest BCUT2D eigenvalue weighted by Crippen LogP contribution is 2.21. The van der Waals surface area contributed by atoms with Crippen LogP contribution in [0.1, 0.15) is 16.8 Å². The van der Waals surface area contributed by atoms with Crippen LogP contribution < -0.4 is 15.5 Å². The van der Waals surface area contributed by atoms with Gasteiger partial charge in [0.2, 0.25) is 5.95 Å². The van der Waals surface area contributed by atoms with Gasteiger partial charge in [-0.25, -0.2) is 15.0 Å². The van der Waals surface area contributed by atoms with Gasteiger partial charge in [0.1, 0.15) is 17.5 Å². The molecule has 2 N–H and O–H groups in total. The fourth-order valence-corrected chi connectivity index (χ4v) is 2.72. The number of aryl methyl sites for hydroxylation is 1. The van der Waals surface area contributed by atoms with Gasteiger partial charge < -0.3 is 15.5 Å². The van der Waals surface area contributed by atoms with Gasteiger partial charge in [0.05, 0.1) is 11.4 Å². The number of dihydropyridines is 1. The summed E-state index contributed by atoms with van der Waals surface area (Å²) in [6.45, 7) is 2.57. The number of nitriles is 1. The smallest absolute Gasteiger partial charge is 0.223 e. The first-order valence-corrected chi connectivity index (χ1v) is 9.02. The van der Waals surface area contributed by atoms with Crippen molar-refractivity contribution in [2.24, 2.45) is 0 Å². The molecule has 7 heteroatoms.